The molecule has 0 aliphatic carbocycles. The van der Waals surface area contributed by atoms with Gasteiger partial charge >= 0.3 is 0 Å². The minimum atomic E-state index is 0.454. The molecule has 5 nitrogen and oxygen atoms in total. The molecule has 1 aromatic carbocycles. The summed E-state index contributed by atoms with van der Waals surface area (Å²) in [6, 6.07) is 11.3. The number of rotatable bonds is 4. The zero-order valence-electron chi connectivity index (χ0n) is 12.0. The standard InChI is InChI=1S/C16H13ClN4OS/c17-12-3-1-11(2-4-12)14-6-5-13(22-14)9-20-16(23)21-15-10-18-7-8-19-15/h1-8,10H,9H2,(H2,19,20,21,23). The lowest BCUT2D eigenvalue weighted by Crippen LogP contribution is -2.28. The molecule has 0 radical (unpaired) electrons. The smallest absolute Gasteiger partial charge is 0.172 e. The van der Waals surface area contributed by atoms with Crippen LogP contribution in [-0.2, 0) is 6.54 Å². The van der Waals surface area contributed by atoms with E-state index in [2.05, 4.69) is 20.6 Å². The van der Waals surface area contributed by atoms with E-state index in [9.17, 15) is 0 Å². The lowest BCUT2D eigenvalue weighted by molar-refractivity contribution is 0.516. The molecule has 0 saturated carbocycles. The molecule has 0 spiro atoms. The summed E-state index contributed by atoms with van der Waals surface area (Å²) in [6.07, 6.45) is 4.79. The summed E-state index contributed by atoms with van der Waals surface area (Å²) in [5.74, 6) is 2.15. The fraction of sp³-hybridized carbons (Fsp3) is 0.0625. The van der Waals surface area contributed by atoms with E-state index in [0.717, 1.165) is 17.1 Å². The van der Waals surface area contributed by atoms with Crippen molar-refractivity contribution in [3.8, 4) is 11.3 Å². The molecule has 0 amide bonds. The second-order valence-corrected chi connectivity index (χ2v) is 5.52. The van der Waals surface area contributed by atoms with Crippen molar-refractivity contribution in [1.29, 1.82) is 0 Å². The van der Waals surface area contributed by atoms with E-state index in [4.69, 9.17) is 28.2 Å². The van der Waals surface area contributed by atoms with Gasteiger partial charge < -0.3 is 15.1 Å². The molecule has 0 bridgehead atoms. The third-order valence-corrected chi connectivity index (χ3v) is 3.52. The van der Waals surface area contributed by atoms with E-state index in [1.165, 1.54) is 0 Å². The minimum Gasteiger partial charge on any atom is -0.459 e. The maximum absolute atomic E-state index is 5.88. The van der Waals surface area contributed by atoms with Crippen LogP contribution >= 0.6 is 23.8 Å². The molecule has 0 saturated heterocycles. The van der Waals surface area contributed by atoms with Crippen LogP contribution in [0.4, 0.5) is 5.82 Å². The molecule has 0 atom stereocenters. The van der Waals surface area contributed by atoms with E-state index in [1.807, 2.05) is 36.4 Å². The monoisotopic (exact) mass is 344 g/mol. The average molecular weight is 345 g/mol. The van der Waals surface area contributed by atoms with Crippen LogP contribution in [-0.4, -0.2) is 15.1 Å². The van der Waals surface area contributed by atoms with Crippen LogP contribution < -0.4 is 10.6 Å². The van der Waals surface area contributed by atoms with Crippen molar-refractivity contribution in [1.82, 2.24) is 15.3 Å². The first-order valence-corrected chi connectivity index (χ1v) is 7.65. The predicted molar refractivity (Wildman–Crippen MR) is 94.2 cm³/mol. The highest BCUT2D eigenvalue weighted by Crippen LogP contribution is 2.23. The van der Waals surface area contributed by atoms with Gasteiger partial charge in [0.05, 0.1) is 12.7 Å². The van der Waals surface area contributed by atoms with Gasteiger partial charge in [0.25, 0.3) is 0 Å². The molecule has 0 fully saturated rings. The summed E-state index contributed by atoms with van der Waals surface area (Å²) in [7, 11) is 0. The summed E-state index contributed by atoms with van der Waals surface area (Å²) in [5.41, 5.74) is 0.973. The highest BCUT2D eigenvalue weighted by Gasteiger charge is 2.06. The van der Waals surface area contributed by atoms with Crippen molar-refractivity contribution in [2.24, 2.45) is 0 Å². The maximum Gasteiger partial charge on any atom is 0.172 e. The zero-order valence-corrected chi connectivity index (χ0v) is 13.6. The quantitative estimate of drug-likeness (QED) is 0.700. The molecule has 3 aromatic rings. The molecule has 3 rings (SSSR count). The molecule has 2 heterocycles. The lowest BCUT2D eigenvalue weighted by Gasteiger charge is -2.07. The summed E-state index contributed by atoms with van der Waals surface area (Å²) < 4.78 is 5.79. The molecular formula is C16H13ClN4OS. The molecule has 23 heavy (non-hydrogen) atoms. The van der Waals surface area contributed by atoms with E-state index in [-0.39, 0.29) is 0 Å². The minimum absolute atomic E-state index is 0.454. The van der Waals surface area contributed by atoms with Crippen molar-refractivity contribution in [3.63, 3.8) is 0 Å². The van der Waals surface area contributed by atoms with Crippen molar-refractivity contribution >= 4 is 34.7 Å². The van der Waals surface area contributed by atoms with Crippen LogP contribution in [0.25, 0.3) is 11.3 Å². The number of nitrogens with one attached hydrogen (secondary N) is 2. The van der Waals surface area contributed by atoms with Gasteiger partial charge in [-0.1, -0.05) is 11.6 Å². The van der Waals surface area contributed by atoms with Gasteiger partial charge in [0, 0.05) is 23.0 Å². The van der Waals surface area contributed by atoms with E-state index >= 15 is 0 Å². The number of halogens is 1. The number of nitrogens with zero attached hydrogens (tertiary/aromatic N) is 2. The van der Waals surface area contributed by atoms with E-state index < -0.39 is 0 Å². The Labute approximate surface area is 143 Å². The van der Waals surface area contributed by atoms with Gasteiger partial charge in [0.1, 0.15) is 11.5 Å². The van der Waals surface area contributed by atoms with Gasteiger partial charge in [0.15, 0.2) is 10.9 Å². The zero-order chi connectivity index (χ0) is 16.1. The summed E-state index contributed by atoms with van der Waals surface area (Å²) in [6.45, 7) is 0.472. The largest absolute Gasteiger partial charge is 0.459 e. The van der Waals surface area contributed by atoms with Gasteiger partial charge in [-0.05, 0) is 48.6 Å². The van der Waals surface area contributed by atoms with Crippen molar-refractivity contribution < 1.29 is 4.42 Å². The van der Waals surface area contributed by atoms with Crippen LogP contribution in [0.15, 0.2) is 59.4 Å². The Bertz CT molecular complexity index is 789. The van der Waals surface area contributed by atoms with Gasteiger partial charge in [-0.15, -0.1) is 0 Å². The third kappa shape index (κ3) is 4.28. The number of benzene rings is 1. The normalized spacial score (nSPS) is 10.3. The Hall–Kier alpha value is -2.44. The fourth-order valence-electron chi connectivity index (χ4n) is 1.93. The van der Waals surface area contributed by atoms with Gasteiger partial charge in [-0.25, -0.2) is 4.98 Å². The highest BCUT2D eigenvalue weighted by molar-refractivity contribution is 7.80. The second kappa shape index (κ2) is 7.21. The molecule has 7 heteroatoms. The number of anilines is 1. The van der Waals surface area contributed by atoms with Crippen LogP contribution in [0.2, 0.25) is 5.02 Å². The Kier molecular flexibility index (Phi) is 4.85. The second-order valence-electron chi connectivity index (χ2n) is 4.67. The Morgan fingerprint density at radius 2 is 1.96 bits per heavy atom. The lowest BCUT2D eigenvalue weighted by atomic mass is 10.2. The topological polar surface area (TPSA) is 63.0 Å². The number of aromatic nitrogens is 2. The van der Waals surface area contributed by atoms with Gasteiger partial charge in [0.2, 0.25) is 0 Å². The number of furan rings is 1. The predicted octanol–water partition coefficient (Wildman–Crippen LogP) is 3.88. The molecule has 2 aromatic heterocycles. The number of hydrogen-bond donors (Lipinski definition) is 2. The molecule has 0 aliphatic rings. The Morgan fingerprint density at radius 3 is 2.70 bits per heavy atom. The van der Waals surface area contributed by atoms with Crippen LogP contribution in [0, 0.1) is 0 Å². The summed E-state index contributed by atoms with van der Waals surface area (Å²) >= 11 is 11.1. The van der Waals surface area contributed by atoms with Crippen LogP contribution in [0.5, 0.6) is 0 Å². The SMILES string of the molecule is S=C(NCc1ccc(-c2ccc(Cl)cc2)o1)Nc1cnccn1. The summed E-state index contributed by atoms with van der Waals surface area (Å²) in [4.78, 5) is 8.05. The van der Waals surface area contributed by atoms with Gasteiger partial charge in [-0.3, -0.25) is 4.98 Å². The van der Waals surface area contributed by atoms with Crippen molar-refractivity contribution in [2.75, 3.05) is 5.32 Å². The first kappa shape index (κ1) is 15.5. The molecular weight excluding hydrogens is 332 g/mol. The van der Waals surface area contributed by atoms with Crippen molar-refractivity contribution in [3.05, 3.63) is 65.8 Å². The molecule has 0 unspecified atom stereocenters. The van der Waals surface area contributed by atoms with Gasteiger partial charge in [-0.2, -0.15) is 0 Å². The fourth-order valence-corrected chi connectivity index (χ4v) is 2.24. The Balaban J connectivity index is 1.57. The average Bonchev–Trinajstić information content (AvgIpc) is 3.04. The first-order valence-electron chi connectivity index (χ1n) is 6.86. The number of thiocarbonyl (C=S) groups is 1. The van der Waals surface area contributed by atoms with E-state index in [1.54, 1.807) is 18.6 Å². The third-order valence-electron chi connectivity index (χ3n) is 3.02. The van der Waals surface area contributed by atoms with Crippen LogP contribution in [0.3, 0.4) is 0 Å². The first-order chi connectivity index (χ1) is 11.2. The Morgan fingerprint density at radius 1 is 1.13 bits per heavy atom. The summed E-state index contributed by atoms with van der Waals surface area (Å²) in [5, 5.41) is 7.16. The molecule has 2 N–H and O–H groups in total. The van der Waals surface area contributed by atoms with Crippen molar-refractivity contribution in [2.45, 2.75) is 6.54 Å². The van der Waals surface area contributed by atoms with Crippen LogP contribution in [0.1, 0.15) is 5.76 Å². The molecule has 0 aliphatic heterocycles. The molecule has 116 valence electrons. The number of hydrogen-bond acceptors (Lipinski definition) is 4. The highest BCUT2D eigenvalue weighted by atomic mass is 35.5. The van der Waals surface area contributed by atoms with E-state index in [0.29, 0.717) is 22.5 Å². The maximum atomic E-state index is 5.88.